The van der Waals surface area contributed by atoms with Crippen molar-refractivity contribution in [3.05, 3.63) is 71.1 Å². The van der Waals surface area contributed by atoms with E-state index in [0.29, 0.717) is 31.1 Å². The van der Waals surface area contributed by atoms with Crippen molar-refractivity contribution in [3.8, 4) is 6.07 Å². The summed E-state index contributed by atoms with van der Waals surface area (Å²) in [5.74, 6) is 0.385. The van der Waals surface area contributed by atoms with E-state index < -0.39 is 0 Å². The second-order valence-corrected chi connectivity index (χ2v) is 9.78. The molecule has 7 heteroatoms. The van der Waals surface area contributed by atoms with E-state index in [4.69, 9.17) is 11.6 Å². The zero-order valence-corrected chi connectivity index (χ0v) is 19.7. The highest BCUT2D eigenvalue weighted by Crippen LogP contribution is 2.35. The summed E-state index contributed by atoms with van der Waals surface area (Å²) in [6.45, 7) is 1.42. The maximum absolute atomic E-state index is 12.8. The molecule has 34 heavy (non-hydrogen) atoms. The van der Waals surface area contributed by atoms with Gasteiger partial charge in [-0.15, -0.1) is 0 Å². The summed E-state index contributed by atoms with van der Waals surface area (Å²) in [4.78, 5) is 23.3. The molecule has 1 saturated heterocycles. The number of dihydropyridines is 1. The number of nitrogens with zero attached hydrogens (tertiary/aromatic N) is 4. The number of likely N-dealkylation sites (tertiary alicyclic amines) is 1. The number of fused-ring (bicyclic) bond motifs is 1. The maximum atomic E-state index is 12.8. The first kappa shape index (κ1) is 22.6. The van der Waals surface area contributed by atoms with E-state index in [2.05, 4.69) is 57.8 Å². The first-order valence-electron chi connectivity index (χ1n) is 12.0. The molecular weight excluding hydrogens is 446 g/mol. The lowest BCUT2D eigenvalue weighted by Gasteiger charge is -2.37. The molecule has 5 aliphatic rings. The molecule has 4 atom stereocenters. The zero-order valence-electron chi connectivity index (χ0n) is 19.0. The Labute approximate surface area is 205 Å². The Bertz CT molecular complexity index is 1120. The van der Waals surface area contributed by atoms with Gasteiger partial charge in [-0.05, 0) is 36.5 Å². The summed E-state index contributed by atoms with van der Waals surface area (Å²) < 4.78 is 0. The van der Waals surface area contributed by atoms with Gasteiger partial charge in [0.1, 0.15) is 5.50 Å². The normalized spacial score (nSPS) is 30.5. The second kappa shape index (κ2) is 9.99. The molecule has 0 spiro atoms. The number of aliphatic imine (C=N–C) groups is 2. The Kier molecular flexibility index (Phi) is 6.64. The molecular formula is C27H28ClN5O. The van der Waals surface area contributed by atoms with E-state index >= 15 is 0 Å². The predicted octanol–water partition coefficient (Wildman–Crippen LogP) is 4.21. The minimum Gasteiger partial charge on any atom is -0.385 e. The van der Waals surface area contributed by atoms with Gasteiger partial charge < -0.3 is 10.2 Å². The van der Waals surface area contributed by atoms with Crippen LogP contribution in [0.1, 0.15) is 25.7 Å². The molecule has 0 saturated carbocycles. The largest absolute Gasteiger partial charge is 0.385 e. The lowest BCUT2D eigenvalue weighted by atomic mass is 9.79. The Morgan fingerprint density at radius 1 is 1.21 bits per heavy atom. The Hall–Kier alpha value is -3.17. The molecule has 0 aromatic rings. The van der Waals surface area contributed by atoms with E-state index in [9.17, 15) is 10.1 Å². The summed E-state index contributed by atoms with van der Waals surface area (Å²) in [6.07, 6.45) is 23.4. The standard InChI is InChI=1S/C27H28ClN5O/c28-26-5-4-21(16-31-26)27(34)33-10-7-23(8-11-33)32-25-14-22(13-20-6-9-30-17-24(20)25)19-3-1-2-18(12-19)15-29/h1,3-4,6,9,12-14,16-18,20,23-24,26,32H,2,5,7-8,10-11H2. The summed E-state index contributed by atoms with van der Waals surface area (Å²) in [5, 5.41) is 13.1. The van der Waals surface area contributed by atoms with Crippen LogP contribution in [0.2, 0.25) is 0 Å². The van der Waals surface area contributed by atoms with Gasteiger partial charge >= 0.3 is 0 Å². The van der Waals surface area contributed by atoms with E-state index in [1.165, 1.54) is 0 Å². The SMILES string of the molecule is N#CC1C=C(C2=CC3C=CN=CC3C(NC3CCN(C(=O)C4=CCC(Cl)N=C4)CC3)=C2)C=CC1. The van der Waals surface area contributed by atoms with Crippen molar-refractivity contribution in [2.45, 2.75) is 37.2 Å². The molecule has 0 radical (unpaired) electrons. The van der Waals surface area contributed by atoms with Crippen molar-refractivity contribution in [2.75, 3.05) is 13.1 Å². The highest BCUT2D eigenvalue weighted by molar-refractivity contribution is 6.22. The fourth-order valence-electron chi connectivity index (χ4n) is 5.05. The number of nitrogens with one attached hydrogen (secondary N) is 1. The fraction of sp³-hybridized carbons (Fsp3) is 0.407. The van der Waals surface area contributed by atoms with Crippen LogP contribution in [0.15, 0.2) is 81.1 Å². The monoisotopic (exact) mass is 473 g/mol. The Morgan fingerprint density at radius 2 is 2.06 bits per heavy atom. The zero-order chi connectivity index (χ0) is 23.5. The molecule has 6 nitrogen and oxygen atoms in total. The third-order valence-electron chi connectivity index (χ3n) is 6.97. The summed E-state index contributed by atoms with van der Waals surface area (Å²) >= 11 is 5.99. The van der Waals surface area contributed by atoms with Crippen LogP contribution >= 0.6 is 11.6 Å². The van der Waals surface area contributed by atoms with Crippen LogP contribution in [0, 0.1) is 29.1 Å². The number of hydrogen-bond acceptors (Lipinski definition) is 5. The van der Waals surface area contributed by atoms with Crippen LogP contribution in [0.4, 0.5) is 0 Å². The van der Waals surface area contributed by atoms with Crippen molar-refractivity contribution in [1.29, 1.82) is 5.26 Å². The van der Waals surface area contributed by atoms with Gasteiger partial charge in [0, 0.05) is 61.7 Å². The predicted molar refractivity (Wildman–Crippen MR) is 135 cm³/mol. The topological polar surface area (TPSA) is 80.9 Å². The van der Waals surface area contributed by atoms with Gasteiger partial charge in [-0.25, -0.2) is 0 Å². The van der Waals surface area contributed by atoms with Crippen molar-refractivity contribution >= 4 is 29.9 Å². The lowest BCUT2D eigenvalue weighted by molar-refractivity contribution is -0.127. The van der Waals surface area contributed by atoms with Crippen molar-refractivity contribution < 1.29 is 4.79 Å². The number of carbonyl (C=O) groups excluding carboxylic acids is 1. The van der Waals surface area contributed by atoms with Crippen LogP contribution in [0.3, 0.4) is 0 Å². The molecule has 0 bridgehead atoms. The molecule has 1 fully saturated rings. The number of carbonyl (C=O) groups is 1. The van der Waals surface area contributed by atoms with Crippen LogP contribution < -0.4 is 5.32 Å². The average molecular weight is 474 g/mol. The van der Waals surface area contributed by atoms with Gasteiger partial charge in [-0.1, -0.05) is 48.1 Å². The molecule has 0 aromatic carbocycles. The Balaban J connectivity index is 1.27. The third kappa shape index (κ3) is 4.85. The number of hydrogen-bond donors (Lipinski definition) is 1. The van der Waals surface area contributed by atoms with Crippen molar-refractivity contribution in [2.24, 2.45) is 27.7 Å². The van der Waals surface area contributed by atoms with Crippen LogP contribution in [-0.2, 0) is 4.79 Å². The lowest BCUT2D eigenvalue weighted by Crippen LogP contribution is -2.46. The molecule has 174 valence electrons. The second-order valence-electron chi connectivity index (χ2n) is 9.28. The number of allylic oxidation sites excluding steroid dienone is 9. The number of nitriles is 1. The van der Waals surface area contributed by atoms with Crippen molar-refractivity contribution in [3.63, 3.8) is 0 Å². The van der Waals surface area contributed by atoms with Crippen molar-refractivity contribution in [1.82, 2.24) is 10.2 Å². The van der Waals surface area contributed by atoms with Gasteiger partial charge in [0.05, 0.1) is 17.6 Å². The Morgan fingerprint density at radius 3 is 2.82 bits per heavy atom. The molecule has 1 N–H and O–H groups in total. The number of piperidine rings is 1. The maximum Gasteiger partial charge on any atom is 0.255 e. The first-order valence-corrected chi connectivity index (χ1v) is 12.4. The smallest absolute Gasteiger partial charge is 0.255 e. The molecule has 3 heterocycles. The molecule has 0 aromatic heterocycles. The molecule has 2 aliphatic carbocycles. The summed E-state index contributed by atoms with van der Waals surface area (Å²) in [7, 11) is 0. The quantitative estimate of drug-likeness (QED) is 0.490. The van der Waals surface area contributed by atoms with E-state index in [1.54, 1.807) is 6.21 Å². The van der Waals surface area contributed by atoms with Crippen LogP contribution in [0.25, 0.3) is 0 Å². The number of amides is 1. The third-order valence-corrected chi connectivity index (χ3v) is 7.26. The summed E-state index contributed by atoms with van der Waals surface area (Å²) in [5.41, 5.74) is 3.79. The molecule has 5 rings (SSSR count). The highest BCUT2D eigenvalue weighted by atomic mass is 35.5. The van der Waals surface area contributed by atoms with Crippen LogP contribution in [0.5, 0.6) is 0 Å². The molecule has 3 aliphatic heterocycles. The molecule has 1 amide bonds. The first-order chi connectivity index (χ1) is 16.6. The van der Waals surface area contributed by atoms with Crippen LogP contribution in [-0.4, -0.2) is 47.9 Å². The fourth-order valence-corrected chi connectivity index (χ4v) is 5.19. The van der Waals surface area contributed by atoms with E-state index in [1.807, 2.05) is 23.4 Å². The molecule has 4 unspecified atom stereocenters. The van der Waals surface area contributed by atoms with Gasteiger partial charge in [0.15, 0.2) is 0 Å². The van der Waals surface area contributed by atoms with E-state index in [0.717, 1.165) is 36.1 Å². The minimum atomic E-state index is -0.262. The van der Waals surface area contributed by atoms with Gasteiger partial charge in [0.25, 0.3) is 5.91 Å². The number of alkyl halides is 1. The van der Waals surface area contributed by atoms with Gasteiger partial charge in [0.2, 0.25) is 0 Å². The summed E-state index contributed by atoms with van der Waals surface area (Å²) in [6, 6.07) is 2.66. The number of halogens is 1. The average Bonchev–Trinajstić information content (AvgIpc) is 2.89. The minimum absolute atomic E-state index is 0.0422. The highest BCUT2D eigenvalue weighted by Gasteiger charge is 2.31. The van der Waals surface area contributed by atoms with Gasteiger partial charge in [-0.2, -0.15) is 5.26 Å². The van der Waals surface area contributed by atoms with E-state index in [-0.39, 0.29) is 29.2 Å². The number of rotatable bonds is 4. The van der Waals surface area contributed by atoms with Gasteiger partial charge in [-0.3, -0.25) is 14.8 Å².